The van der Waals surface area contributed by atoms with E-state index in [0.717, 1.165) is 0 Å². The number of carbonyl (C=O) groups is 2. The third-order valence-electron chi connectivity index (χ3n) is 2.64. The summed E-state index contributed by atoms with van der Waals surface area (Å²) in [6.07, 6.45) is 0.258. The molecule has 1 rings (SSSR count). The Labute approximate surface area is 118 Å². The summed E-state index contributed by atoms with van der Waals surface area (Å²) in [5.41, 5.74) is 6.49. The van der Waals surface area contributed by atoms with Gasteiger partial charge in [-0.1, -0.05) is 13.8 Å². The largest absolute Gasteiger partial charge is 0.494 e. The summed E-state index contributed by atoms with van der Waals surface area (Å²) in [5, 5.41) is 5.48. The van der Waals surface area contributed by atoms with E-state index in [2.05, 4.69) is 10.6 Å². The van der Waals surface area contributed by atoms with Crippen LogP contribution in [0.15, 0.2) is 18.2 Å². The fourth-order valence-electron chi connectivity index (χ4n) is 1.50. The molecule has 20 heavy (non-hydrogen) atoms. The van der Waals surface area contributed by atoms with Crippen LogP contribution in [0.5, 0.6) is 5.75 Å². The molecule has 1 aromatic rings. The Morgan fingerprint density at radius 2 is 2.00 bits per heavy atom. The minimum Gasteiger partial charge on any atom is -0.494 e. The van der Waals surface area contributed by atoms with Gasteiger partial charge in [0.1, 0.15) is 5.75 Å². The standard InChI is InChI=1S/C14H21N3O3/c1-9(2)14(19)17-11-5-4-10(8-12(11)20-3)16-13(18)6-7-15/h4-5,8-9H,6-7,15H2,1-3H3,(H,16,18)(H,17,19). The van der Waals surface area contributed by atoms with Crippen molar-refractivity contribution in [1.82, 2.24) is 0 Å². The third kappa shape index (κ3) is 4.55. The third-order valence-corrected chi connectivity index (χ3v) is 2.64. The van der Waals surface area contributed by atoms with E-state index in [1.165, 1.54) is 7.11 Å². The van der Waals surface area contributed by atoms with Gasteiger partial charge in [0.15, 0.2) is 0 Å². The lowest BCUT2D eigenvalue weighted by atomic mass is 10.2. The molecule has 6 nitrogen and oxygen atoms in total. The Bertz CT molecular complexity index is 487. The molecule has 4 N–H and O–H groups in total. The maximum Gasteiger partial charge on any atom is 0.227 e. The van der Waals surface area contributed by atoms with Gasteiger partial charge < -0.3 is 21.1 Å². The fraction of sp³-hybridized carbons (Fsp3) is 0.429. The molecule has 2 amide bonds. The van der Waals surface area contributed by atoms with Crippen molar-refractivity contribution >= 4 is 23.2 Å². The van der Waals surface area contributed by atoms with E-state index < -0.39 is 0 Å². The summed E-state index contributed by atoms with van der Waals surface area (Å²) >= 11 is 0. The van der Waals surface area contributed by atoms with Crippen molar-refractivity contribution in [2.24, 2.45) is 11.7 Å². The van der Waals surface area contributed by atoms with Gasteiger partial charge >= 0.3 is 0 Å². The number of anilines is 2. The second-order valence-electron chi connectivity index (χ2n) is 4.65. The van der Waals surface area contributed by atoms with Gasteiger partial charge in [-0.2, -0.15) is 0 Å². The smallest absolute Gasteiger partial charge is 0.227 e. The van der Waals surface area contributed by atoms with E-state index in [-0.39, 0.29) is 24.2 Å². The van der Waals surface area contributed by atoms with E-state index >= 15 is 0 Å². The number of hydrogen-bond acceptors (Lipinski definition) is 4. The van der Waals surface area contributed by atoms with Crippen LogP contribution in [0, 0.1) is 5.92 Å². The first-order valence-corrected chi connectivity index (χ1v) is 6.46. The predicted molar refractivity (Wildman–Crippen MR) is 78.8 cm³/mol. The van der Waals surface area contributed by atoms with Gasteiger partial charge in [0.05, 0.1) is 12.8 Å². The summed E-state index contributed by atoms with van der Waals surface area (Å²) in [5.74, 6) is 0.116. The average Bonchev–Trinajstić information content (AvgIpc) is 2.40. The molecule has 110 valence electrons. The topological polar surface area (TPSA) is 93.4 Å². The number of ether oxygens (including phenoxy) is 1. The molecule has 0 unspecified atom stereocenters. The molecule has 0 fully saturated rings. The van der Waals surface area contributed by atoms with Gasteiger partial charge in [-0.3, -0.25) is 9.59 Å². The first kappa shape index (κ1) is 16.0. The number of methoxy groups -OCH3 is 1. The number of benzene rings is 1. The van der Waals surface area contributed by atoms with Gasteiger partial charge in [0.2, 0.25) is 11.8 Å². The van der Waals surface area contributed by atoms with Crippen molar-refractivity contribution in [3.8, 4) is 5.75 Å². The molecule has 0 atom stereocenters. The lowest BCUT2D eigenvalue weighted by Gasteiger charge is -2.13. The highest BCUT2D eigenvalue weighted by Gasteiger charge is 2.12. The van der Waals surface area contributed by atoms with E-state index in [0.29, 0.717) is 23.7 Å². The second kappa shape index (κ2) is 7.49. The van der Waals surface area contributed by atoms with Crippen LogP contribution < -0.4 is 21.1 Å². The van der Waals surface area contributed by atoms with E-state index in [4.69, 9.17) is 10.5 Å². The average molecular weight is 279 g/mol. The molecule has 0 aliphatic rings. The van der Waals surface area contributed by atoms with Crippen molar-refractivity contribution in [2.45, 2.75) is 20.3 Å². The van der Waals surface area contributed by atoms with Crippen LogP contribution >= 0.6 is 0 Å². The molecule has 1 aromatic carbocycles. The molecule has 0 heterocycles. The number of nitrogens with two attached hydrogens (primary N) is 1. The highest BCUT2D eigenvalue weighted by atomic mass is 16.5. The molecule has 0 aliphatic carbocycles. The quantitative estimate of drug-likeness (QED) is 0.737. The maximum absolute atomic E-state index is 11.7. The summed E-state index contributed by atoms with van der Waals surface area (Å²) < 4.78 is 5.22. The normalized spacial score (nSPS) is 10.2. The Balaban J connectivity index is 2.85. The van der Waals surface area contributed by atoms with Crippen LogP contribution in [0.4, 0.5) is 11.4 Å². The van der Waals surface area contributed by atoms with Gasteiger partial charge in [-0.05, 0) is 12.1 Å². The Kier molecular flexibility index (Phi) is 5.99. The van der Waals surface area contributed by atoms with E-state index in [1.54, 1.807) is 18.2 Å². The van der Waals surface area contributed by atoms with Crippen molar-refractivity contribution in [2.75, 3.05) is 24.3 Å². The van der Waals surface area contributed by atoms with Crippen LogP contribution in [0.25, 0.3) is 0 Å². The Morgan fingerprint density at radius 1 is 1.30 bits per heavy atom. The molecule has 0 saturated carbocycles. The molecular weight excluding hydrogens is 258 g/mol. The summed E-state index contributed by atoms with van der Waals surface area (Å²) in [6, 6.07) is 5.05. The second-order valence-corrected chi connectivity index (χ2v) is 4.65. The lowest BCUT2D eigenvalue weighted by Crippen LogP contribution is -2.18. The molecule has 0 spiro atoms. The molecule has 0 saturated heterocycles. The minimum atomic E-state index is -0.159. The molecule has 0 bridgehead atoms. The van der Waals surface area contributed by atoms with Gasteiger partial charge in [0, 0.05) is 30.6 Å². The van der Waals surface area contributed by atoms with Crippen LogP contribution in [-0.2, 0) is 9.59 Å². The number of amides is 2. The molecule has 0 radical (unpaired) electrons. The zero-order valence-electron chi connectivity index (χ0n) is 12.0. The van der Waals surface area contributed by atoms with Crippen LogP contribution in [-0.4, -0.2) is 25.5 Å². The minimum absolute atomic E-state index is 0.0942. The molecule has 0 aromatic heterocycles. The Morgan fingerprint density at radius 3 is 2.55 bits per heavy atom. The first-order chi connectivity index (χ1) is 9.47. The van der Waals surface area contributed by atoms with Gasteiger partial charge in [-0.25, -0.2) is 0 Å². The van der Waals surface area contributed by atoms with E-state index in [9.17, 15) is 9.59 Å². The van der Waals surface area contributed by atoms with Crippen LogP contribution in [0.3, 0.4) is 0 Å². The van der Waals surface area contributed by atoms with Crippen molar-refractivity contribution in [3.05, 3.63) is 18.2 Å². The monoisotopic (exact) mass is 279 g/mol. The summed E-state index contributed by atoms with van der Waals surface area (Å²) in [4.78, 5) is 23.1. The van der Waals surface area contributed by atoms with Crippen molar-refractivity contribution in [3.63, 3.8) is 0 Å². The SMILES string of the molecule is COc1cc(NC(=O)CCN)ccc1NC(=O)C(C)C. The van der Waals surface area contributed by atoms with E-state index in [1.807, 2.05) is 13.8 Å². The van der Waals surface area contributed by atoms with Gasteiger partial charge in [0.25, 0.3) is 0 Å². The summed E-state index contributed by atoms with van der Waals surface area (Å²) in [6.45, 7) is 3.91. The number of rotatable bonds is 6. The van der Waals surface area contributed by atoms with Crippen molar-refractivity contribution in [1.29, 1.82) is 0 Å². The van der Waals surface area contributed by atoms with Crippen LogP contribution in [0.2, 0.25) is 0 Å². The first-order valence-electron chi connectivity index (χ1n) is 6.46. The fourth-order valence-corrected chi connectivity index (χ4v) is 1.50. The Hall–Kier alpha value is -2.08. The number of nitrogens with one attached hydrogen (secondary N) is 2. The molecule has 6 heteroatoms. The van der Waals surface area contributed by atoms with Gasteiger partial charge in [-0.15, -0.1) is 0 Å². The zero-order chi connectivity index (χ0) is 15.1. The highest BCUT2D eigenvalue weighted by Crippen LogP contribution is 2.28. The zero-order valence-corrected chi connectivity index (χ0v) is 12.0. The number of carbonyl (C=O) groups excluding carboxylic acids is 2. The number of hydrogen-bond donors (Lipinski definition) is 3. The van der Waals surface area contributed by atoms with Crippen LogP contribution in [0.1, 0.15) is 20.3 Å². The lowest BCUT2D eigenvalue weighted by molar-refractivity contribution is -0.119. The van der Waals surface area contributed by atoms with Crippen molar-refractivity contribution < 1.29 is 14.3 Å². The highest BCUT2D eigenvalue weighted by molar-refractivity contribution is 5.95. The molecule has 0 aliphatic heterocycles. The molecular formula is C14H21N3O3. The summed E-state index contributed by atoms with van der Waals surface area (Å²) in [7, 11) is 1.51. The predicted octanol–water partition coefficient (Wildman–Crippen LogP) is 1.58. The maximum atomic E-state index is 11.7.